The second-order valence-corrected chi connectivity index (χ2v) is 5.10. The topological polar surface area (TPSA) is 15.3 Å². The molecule has 0 aliphatic carbocycles. The summed E-state index contributed by atoms with van der Waals surface area (Å²) in [7, 11) is 4.13. The lowest BCUT2D eigenvalue weighted by Gasteiger charge is -2.22. The molecular formula is C15H25FN2. The Hall–Kier alpha value is -0.930. The maximum absolute atomic E-state index is 13.4. The predicted octanol–water partition coefficient (Wildman–Crippen LogP) is 3.13. The maximum atomic E-state index is 13.4. The van der Waals surface area contributed by atoms with Crippen molar-refractivity contribution in [1.82, 2.24) is 10.2 Å². The number of aryl methyl sites for hydroxylation is 1. The van der Waals surface area contributed by atoms with Crippen molar-refractivity contribution in [2.45, 2.75) is 32.7 Å². The number of halogens is 1. The molecule has 0 aromatic heterocycles. The molecule has 102 valence electrons. The lowest BCUT2D eigenvalue weighted by Crippen LogP contribution is -2.27. The molecule has 0 saturated carbocycles. The lowest BCUT2D eigenvalue weighted by atomic mass is 9.98. The Kier molecular flexibility index (Phi) is 6.30. The minimum atomic E-state index is -0.149. The van der Waals surface area contributed by atoms with Crippen LogP contribution in [0.3, 0.4) is 0 Å². The molecule has 0 heterocycles. The molecule has 3 heteroatoms. The standard InChI is InChI=1S/C15H25FN2/c1-5-9-17-15(8-10-18(3)4)14-11-13(16)7-6-12(14)2/h6-7,11,15,17H,5,8-10H2,1-4H3. The van der Waals surface area contributed by atoms with Gasteiger partial charge in [-0.1, -0.05) is 13.0 Å². The molecular weight excluding hydrogens is 227 g/mol. The summed E-state index contributed by atoms with van der Waals surface area (Å²) >= 11 is 0. The van der Waals surface area contributed by atoms with Crippen molar-refractivity contribution < 1.29 is 4.39 Å². The van der Waals surface area contributed by atoms with E-state index in [0.29, 0.717) is 0 Å². The molecule has 1 N–H and O–H groups in total. The van der Waals surface area contributed by atoms with E-state index in [1.807, 2.05) is 13.0 Å². The monoisotopic (exact) mass is 252 g/mol. The average molecular weight is 252 g/mol. The zero-order valence-electron chi connectivity index (χ0n) is 12.0. The molecule has 0 aliphatic heterocycles. The third kappa shape index (κ3) is 4.75. The van der Waals surface area contributed by atoms with E-state index < -0.39 is 0 Å². The smallest absolute Gasteiger partial charge is 0.123 e. The second-order valence-electron chi connectivity index (χ2n) is 5.10. The summed E-state index contributed by atoms with van der Waals surface area (Å²) in [6, 6.07) is 5.30. The fourth-order valence-electron chi connectivity index (χ4n) is 2.06. The summed E-state index contributed by atoms with van der Waals surface area (Å²) in [5, 5.41) is 3.52. The largest absolute Gasteiger partial charge is 0.310 e. The van der Waals surface area contributed by atoms with Crippen LogP contribution in [-0.2, 0) is 0 Å². The first-order valence-corrected chi connectivity index (χ1v) is 6.68. The van der Waals surface area contributed by atoms with Gasteiger partial charge in [0.1, 0.15) is 5.82 Å². The molecule has 0 fully saturated rings. The van der Waals surface area contributed by atoms with Gasteiger partial charge in [0.05, 0.1) is 0 Å². The number of hydrogen-bond donors (Lipinski definition) is 1. The van der Waals surface area contributed by atoms with Crippen LogP contribution in [0.5, 0.6) is 0 Å². The number of rotatable bonds is 7. The van der Waals surface area contributed by atoms with Crippen molar-refractivity contribution in [3.63, 3.8) is 0 Å². The molecule has 0 spiro atoms. The van der Waals surface area contributed by atoms with Gasteiger partial charge in [0.15, 0.2) is 0 Å². The van der Waals surface area contributed by atoms with Gasteiger partial charge in [0.25, 0.3) is 0 Å². The van der Waals surface area contributed by atoms with Gasteiger partial charge in [-0.2, -0.15) is 0 Å². The van der Waals surface area contributed by atoms with Gasteiger partial charge in [-0.3, -0.25) is 0 Å². The number of hydrogen-bond acceptors (Lipinski definition) is 2. The SMILES string of the molecule is CCCNC(CCN(C)C)c1cc(F)ccc1C. The van der Waals surface area contributed by atoms with Crippen LogP contribution in [0.15, 0.2) is 18.2 Å². The van der Waals surface area contributed by atoms with Crippen LogP contribution in [0.4, 0.5) is 4.39 Å². The van der Waals surface area contributed by atoms with Crippen LogP contribution in [0.2, 0.25) is 0 Å². The Morgan fingerprint density at radius 1 is 1.33 bits per heavy atom. The van der Waals surface area contributed by atoms with Gasteiger partial charge in [0.2, 0.25) is 0 Å². The first-order chi connectivity index (χ1) is 8.54. The molecule has 1 unspecified atom stereocenters. The summed E-state index contributed by atoms with van der Waals surface area (Å²) in [4.78, 5) is 2.16. The van der Waals surface area contributed by atoms with E-state index in [4.69, 9.17) is 0 Å². The van der Waals surface area contributed by atoms with Crippen LogP contribution in [0.25, 0.3) is 0 Å². The van der Waals surface area contributed by atoms with Crippen LogP contribution in [0, 0.1) is 12.7 Å². The highest BCUT2D eigenvalue weighted by molar-refractivity contribution is 5.29. The van der Waals surface area contributed by atoms with Gasteiger partial charge in [-0.15, -0.1) is 0 Å². The number of nitrogens with zero attached hydrogens (tertiary/aromatic N) is 1. The van der Waals surface area contributed by atoms with Crippen molar-refractivity contribution >= 4 is 0 Å². The van der Waals surface area contributed by atoms with Crippen LogP contribution in [-0.4, -0.2) is 32.1 Å². The second kappa shape index (κ2) is 7.49. The molecule has 1 aromatic rings. The highest BCUT2D eigenvalue weighted by atomic mass is 19.1. The molecule has 1 aromatic carbocycles. The minimum absolute atomic E-state index is 0.149. The quantitative estimate of drug-likeness (QED) is 0.802. The first-order valence-electron chi connectivity index (χ1n) is 6.68. The summed E-state index contributed by atoms with van der Waals surface area (Å²) in [6.07, 6.45) is 2.09. The van der Waals surface area contributed by atoms with Gasteiger partial charge in [-0.05, 0) is 70.2 Å². The molecule has 0 bridgehead atoms. The van der Waals surface area contributed by atoms with E-state index in [1.54, 1.807) is 6.07 Å². The van der Waals surface area contributed by atoms with Gasteiger partial charge >= 0.3 is 0 Å². The van der Waals surface area contributed by atoms with E-state index in [0.717, 1.165) is 37.1 Å². The molecule has 1 atom stereocenters. The average Bonchev–Trinajstić information content (AvgIpc) is 2.32. The van der Waals surface area contributed by atoms with E-state index in [9.17, 15) is 4.39 Å². The Balaban J connectivity index is 2.82. The van der Waals surface area contributed by atoms with Crippen molar-refractivity contribution in [3.05, 3.63) is 35.1 Å². The normalized spacial score (nSPS) is 13.0. The van der Waals surface area contributed by atoms with Crippen molar-refractivity contribution in [1.29, 1.82) is 0 Å². The predicted molar refractivity (Wildman–Crippen MR) is 75.3 cm³/mol. The lowest BCUT2D eigenvalue weighted by molar-refractivity contribution is 0.360. The highest BCUT2D eigenvalue weighted by Gasteiger charge is 2.14. The Bertz CT molecular complexity index is 364. The summed E-state index contributed by atoms with van der Waals surface area (Å²) < 4.78 is 13.4. The fourth-order valence-corrected chi connectivity index (χ4v) is 2.06. The first kappa shape index (κ1) is 15.1. The van der Waals surface area contributed by atoms with Crippen LogP contribution in [0.1, 0.15) is 36.9 Å². The third-order valence-corrected chi connectivity index (χ3v) is 3.12. The molecule has 18 heavy (non-hydrogen) atoms. The zero-order valence-corrected chi connectivity index (χ0v) is 12.0. The molecule has 0 aliphatic rings. The van der Waals surface area contributed by atoms with Crippen LogP contribution >= 0.6 is 0 Å². The fraction of sp³-hybridized carbons (Fsp3) is 0.600. The Morgan fingerprint density at radius 3 is 2.67 bits per heavy atom. The van der Waals surface area contributed by atoms with E-state index in [-0.39, 0.29) is 11.9 Å². The Morgan fingerprint density at radius 2 is 2.06 bits per heavy atom. The minimum Gasteiger partial charge on any atom is -0.310 e. The molecule has 0 saturated heterocycles. The summed E-state index contributed by atoms with van der Waals surface area (Å²) in [6.45, 7) is 6.16. The summed E-state index contributed by atoms with van der Waals surface area (Å²) in [5.41, 5.74) is 2.24. The Labute approximate surface area is 110 Å². The van der Waals surface area contributed by atoms with E-state index in [2.05, 4.69) is 31.2 Å². The van der Waals surface area contributed by atoms with Crippen molar-refractivity contribution in [3.8, 4) is 0 Å². The molecule has 2 nitrogen and oxygen atoms in total. The van der Waals surface area contributed by atoms with Gasteiger partial charge in [0, 0.05) is 6.04 Å². The van der Waals surface area contributed by atoms with Gasteiger partial charge < -0.3 is 10.2 Å². The van der Waals surface area contributed by atoms with Crippen LogP contribution < -0.4 is 5.32 Å². The zero-order chi connectivity index (χ0) is 13.5. The highest BCUT2D eigenvalue weighted by Crippen LogP contribution is 2.22. The third-order valence-electron chi connectivity index (χ3n) is 3.12. The summed E-state index contributed by atoms with van der Waals surface area (Å²) in [5.74, 6) is -0.149. The molecule has 0 amide bonds. The molecule has 1 rings (SSSR count). The maximum Gasteiger partial charge on any atom is 0.123 e. The molecule has 0 radical (unpaired) electrons. The van der Waals surface area contributed by atoms with Gasteiger partial charge in [-0.25, -0.2) is 4.39 Å². The van der Waals surface area contributed by atoms with E-state index in [1.165, 1.54) is 6.07 Å². The van der Waals surface area contributed by atoms with Crippen molar-refractivity contribution in [2.24, 2.45) is 0 Å². The van der Waals surface area contributed by atoms with Crippen molar-refractivity contribution in [2.75, 3.05) is 27.2 Å². The van der Waals surface area contributed by atoms with E-state index >= 15 is 0 Å². The number of benzene rings is 1. The number of nitrogens with one attached hydrogen (secondary N) is 1.